The minimum absolute atomic E-state index is 0.0130. The smallest absolute Gasteiger partial charge is 0.251 e. The molecule has 188 valence electrons. The van der Waals surface area contributed by atoms with Gasteiger partial charge < -0.3 is 14.6 Å². The first kappa shape index (κ1) is 27.6. The molecular formula is C24H36N4O5S. The van der Waals surface area contributed by atoms with E-state index in [1.807, 2.05) is 24.3 Å². The van der Waals surface area contributed by atoms with Gasteiger partial charge in [0.05, 0.1) is 18.0 Å². The predicted molar refractivity (Wildman–Crippen MR) is 132 cm³/mol. The fourth-order valence-corrected chi connectivity index (χ4v) is 5.37. The zero-order chi connectivity index (χ0) is 25.3. The Hall–Kier alpha value is -2.69. The summed E-state index contributed by atoms with van der Waals surface area (Å²) in [5.74, 6) is 0.360. The van der Waals surface area contributed by atoms with Gasteiger partial charge in [-0.05, 0) is 36.9 Å². The van der Waals surface area contributed by atoms with Crippen molar-refractivity contribution >= 4 is 15.9 Å². The van der Waals surface area contributed by atoms with Crippen molar-refractivity contribution in [1.82, 2.24) is 19.1 Å². The Balaban J connectivity index is 2.21. The zero-order valence-electron chi connectivity index (χ0n) is 20.7. The molecule has 1 aromatic heterocycles. The number of pyridine rings is 1. The van der Waals surface area contributed by atoms with Crippen molar-refractivity contribution < 1.29 is 17.9 Å². The van der Waals surface area contributed by atoms with Gasteiger partial charge in [-0.2, -0.15) is 4.31 Å². The normalized spacial score (nSPS) is 12.7. The summed E-state index contributed by atoms with van der Waals surface area (Å²) in [5.41, 5.74) is 0.564. The third kappa shape index (κ3) is 6.68. The summed E-state index contributed by atoms with van der Waals surface area (Å²) >= 11 is 0. The molecule has 0 fully saturated rings. The van der Waals surface area contributed by atoms with Crippen molar-refractivity contribution in [3.63, 3.8) is 0 Å². The summed E-state index contributed by atoms with van der Waals surface area (Å²) in [6, 6.07) is 10.1. The second-order valence-electron chi connectivity index (χ2n) is 7.74. The summed E-state index contributed by atoms with van der Waals surface area (Å²) in [6.07, 6.45) is 1.24. The molecule has 0 aliphatic carbocycles. The lowest BCUT2D eigenvalue weighted by Gasteiger charge is -2.30. The monoisotopic (exact) mass is 492 g/mol. The Morgan fingerprint density at radius 2 is 1.74 bits per heavy atom. The van der Waals surface area contributed by atoms with E-state index < -0.39 is 15.6 Å². The molecule has 0 radical (unpaired) electrons. The first-order chi connectivity index (χ1) is 16.2. The number of ether oxygens (including phenoxy) is 1. The highest BCUT2D eigenvalue weighted by atomic mass is 32.2. The number of hydrogen-bond donors (Lipinski definition) is 1. The van der Waals surface area contributed by atoms with Crippen LogP contribution in [0.25, 0.3) is 0 Å². The zero-order valence-corrected chi connectivity index (χ0v) is 21.5. The number of hydrogen-bond acceptors (Lipinski definition) is 6. The molecule has 2 aromatic rings. The van der Waals surface area contributed by atoms with Crippen LogP contribution in [-0.4, -0.2) is 67.9 Å². The molecule has 1 heterocycles. The van der Waals surface area contributed by atoms with Crippen LogP contribution in [0.15, 0.2) is 52.3 Å². The summed E-state index contributed by atoms with van der Waals surface area (Å²) in [6.45, 7) is 9.88. The van der Waals surface area contributed by atoms with Crippen LogP contribution in [0.2, 0.25) is 0 Å². The molecule has 1 aromatic carbocycles. The van der Waals surface area contributed by atoms with Gasteiger partial charge in [0, 0.05) is 31.9 Å². The Bertz CT molecular complexity index is 1110. The van der Waals surface area contributed by atoms with Crippen molar-refractivity contribution in [2.24, 2.45) is 0 Å². The van der Waals surface area contributed by atoms with Crippen molar-refractivity contribution in [3.8, 4) is 5.75 Å². The van der Waals surface area contributed by atoms with Gasteiger partial charge in [0.25, 0.3) is 5.56 Å². The van der Waals surface area contributed by atoms with Crippen LogP contribution in [0.5, 0.6) is 5.75 Å². The van der Waals surface area contributed by atoms with Gasteiger partial charge in [-0.15, -0.1) is 0 Å². The maximum Gasteiger partial charge on any atom is 0.251 e. The number of likely N-dealkylation sites (N-methyl/N-ethyl adjacent to an activating group) is 1. The Morgan fingerprint density at radius 3 is 2.32 bits per heavy atom. The quantitative estimate of drug-likeness (QED) is 0.460. The van der Waals surface area contributed by atoms with Crippen LogP contribution in [-0.2, 0) is 21.4 Å². The SMILES string of the molecule is CCN(CC)C(CNC(=O)Cn1cc(S(=O)(=O)N(CC)CC)ccc1=O)c1cccc(OC)c1. The molecule has 0 aliphatic heterocycles. The highest BCUT2D eigenvalue weighted by Gasteiger charge is 2.23. The number of rotatable bonds is 13. The van der Waals surface area contributed by atoms with Crippen LogP contribution in [0.3, 0.4) is 0 Å². The molecule has 1 unspecified atom stereocenters. The molecule has 1 atom stereocenters. The molecular weight excluding hydrogens is 456 g/mol. The molecule has 0 bridgehead atoms. The number of carbonyl (C=O) groups is 1. The highest BCUT2D eigenvalue weighted by Crippen LogP contribution is 2.24. The minimum Gasteiger partial charge on any atom is -0.497 e. The average molecular weight is 493 g/mol. The van der Waals surface area contributed by atoms with Gasteiger partial charge >= 0.3 is 0 Å². The number of benzene rings is 1. The molecule has 9 nitrogen and oxygen atoms in total. The van der Waals surface area contributed by atoms with Crippen LogP contribution < -0.4 is 15.6 Å². The number of methoxy groups -OCH3 is 1. The van der Waals surface area contributed by atoms with E-state index in [2.05, 4.69) is 24.1 Å². The molecule has 1 amide bonds. The lowest BCUT2D eigenvalue weighted by Crippen LogP contribution is -2.40. The molecule has 0 saturated carbocycles. The van der Waals surface area contributed by atoms with Crippen molar-refractivity contribution in [1.29, 1.82) is 0 Å². The summed E-state index contributed by atoms with van der Waals surface area (Å²) in [4.78, 5) is 27.3. The largest absolute Gasteiger partial charge is 0.497 e. The van der Waals surface area contributed by atoms with E-state index >= 15 is 0 Å². The third-order valence-electron chi connectivity index (χ3n) is 5.84. The molecule has 0 saturated heterocycles. The standard InChI is InChI=1S/C24H36N4O5S/c1-6-26(7-2)22(19-11-10-12-20(15-19)33-5)16-25-23(29)18-27-17-21(13-14-24(27)30)34(31,32)28(8-3)9-4/h10-15,17,22H,6-9,16,18H2,1-5H3,(H,25,29). The third-order valence-corrected chi connectivity index (χ3v) is 7.87. The van der Waals surface area contributed by atoms with E-state index in [1.165, 1.54) is 22.6 Å². The van der Waals surface area contributed by atoms with Crippen LogP contribution in [0, 0.1) is 0 Å². The van der Waals surface area contributed by atoms with Gasteiger partial charge in [-0.25, -0.2) is 8.42 Å². The Morgan fingerprint density at radius 1 is 1.06 bits per heavy atom. The topological polar surface area (TPSA) is 101 Å². The molecule has 10 heteroatoms. The Labute approximate surface area is 202 Å². The molecule has 1 N–H and O–H groups in total. The summed E-state index contributed by atoms with van der Waals surface area (Å²) in [7, 11) is -2.13. The highest BCUT2D eigenvalue weighted by molar-refractivity contribution is 7.89. The fraction of sp³-hybridized carbons (Fsp3) is 0.500. The van der Waals surface area contributed by atoms with Gasteiger partial charge in [0.1, 0.15) is 12.3 Å². The molecule has 34 heavy (non-hydrogen) atoms. The van der Waals surface area contributed by atoms with E-state index in [0.717, 1.165) is 29.0 Å². The first-order valence-corrected chi connectivity index (χ1v) is 13.0. The Kier molecular flexibility index (Phi) is 10.3. The summed E-state index contributed by atoms with van der Waals surface area (Å²) in [5, 5.41) is 2.91. The second kappa shape index (κ2) is 12.7. The number of nitrogens with one attached hydrogen (secondary N) is 1. The molecule has 0 spiro atoms. The number of carbonyl (C=O) groups excluding carboxylic acids is 1. The number of aromatic nitrogens is 1. The molecule has 0 aliphatic rings. The van der Waals surface area contributed by atoms with Gasteiger partial charge in [-0.3, -0.25) is 14.5 Å². The summed E-state index contributed by atoms with van der Waals surface area (Å²) < 4.78 is 33.4. The maximum atomic E-state index is 12.8. The first-order valence-electron chi connectivity index (χ1n) is 11.6. The van der Waals surface area contributed by atoms with E-state index in [1.54, 1.807) is 21.0 Å². The van der Waals surface area contributed by atoms with Crippen LogP contribution in [0.1, 0.15) is 39.3 Å². The fourth-order valence-electron chi connectivity index (χ4n) is 3.89. The maximum absolute atomic E-state index is 12.8. The molecule has 2 rings (SSSR count). The van der Waals surface area contributed by atoms with Crippen LogP contribution >= 0.6 is 0 Å². The van der Waals surface area contributed by atoms with Gasteiger partial charge in [-0.1, -0.05) is 39.8 Å². The van der Waals surface area contributed by atoms with E-state index in [-0.39, 0.29) is 23.4 Å². The number of nitrogens with zero attached hydrogens (tertiary/aromatic N) is 3. The number of sulfonamides is 1. The van der Waals surface area contributed by atoms with Crippen molar-refractivity contribution in [3.05, 3.63) is 58.5 Å². The van der Waals surface area contributed by atoms with E-state index in [0.29, 0.717) is 19.6 Å². The lowest BCUT2D eigenvalue weighted by atomic mass is 10.0. The van der Waals surface area contributed by atoms with E-state index in [9.17, 15) is 18.0 Å². The van der Waals surface area contributed by atoms with Gasteiger partial charge in [0.2, 0.25) is 15.9 Å². The second-order valence-corrected chi connectivity index (χ2v) is 9.68. The number of amides is 1. The van der Waals surface area contributed by atoms with Crippen molar-refractivity contribution in [2.75, 3.05) is 39.8 Å². The minimum atomic E-state index is -3.74. The van der Waals surface area contributed by atoms with Crippen molar-refractivity contribution in [2.45, 2.75) is 45.2 Å². The lowest BCUT2D eigenvalue weighted by molar-refractivity contribution is -0.122. The predicted octanol–water partition coefficient (Wildman–Crippen LogP) is 2.09. The average Bonchev–Trinajstić information content (AvgIpc) is 2.83. The van der Waals surface area contributed by atoms with Crippen LogP contribution in [0.4, 0.5) is 0 Å². The van der Waals surface area contributed by atoms with E-state index in [4.69, 9.17) is 4.74 Å². The van der Waals surface area contributed by atoms with Gasteiger partial charge in [0.15, 0.2) is 0 Å².